The molecule has 154 valence electrons. The zero-order valence-corrected chi connectivity index (χ0v) is 16.7. The first-order valence-electron chi connectivity index (χ1n) is 10.1. The number of aromatic nitrogens is 2. The van der Waals surface area contributed by atoms with Crippen molar-refractivity contribution in [3.05, 3.63) is 47.5 Å². The Balaban J connectivity index is 1.36. The molecule has 4 rings (SSSR count). The average Bonchev–Trinajstić information content (AvgIpc) is 3.39. The maximum absolute atomic E-state index is 13.2. The Morgan fingerprint density at radius 3 is 2.28 bits per heavy atom. The summed E-state index contributed by atoms with van der Waals surface area (Å²) >= 11 is 0. The van der Waals surface area contributed by atoms with Gasteiger partial charge < -0.3 is 9.80 Å². The van der Waals surface area contributed by atoms with E-state index < -0.39 is 0 Å². The van der Waals surface area contributed by atoms with Gasteiger partial charge in [-0.2, -0.15) is 5.10 Å². The molecule has 2 saturated heterocycles. The van der Waals surface area contributed by atoms with Gasteiger partial charge in [0.2, 0.25) is 5.91 Å². The minimum Gasteiger partial charge on any atom is -0.342 e. The number of hydrogen-bond acceptors (Lipinski definition) is 4. The van der Waals surface area contributed by atoms with Crippen molar-refractivity contribution >= 4 is 11.8 Å². The molecule has 1 aromatic heterocycles. The standard InChI is InChI=1S/C21H26FN5O2/c1-16-19(14-23-27(16)18-6-4-17(22)5-7-18)21(29)26-12-10-24(11-13-26)15-20(28)25-8-2-3-9-25/h4-7,14H,2-3,8-13,15H2,1H3. The molecule has 2 aromatic rings. The van der Waals surface area contributed by atoms with Crippen LogP contribution in [0.5, 0.6) is 0 Å². The van der Waals surface area contributed by atoms with Crippen LogP contribution in [0, 0.1) is 12.7 Å². The summed E-state index contributed by atoms with van der Waals surface area (Å²) in [7, 11) is 0. The quantitative estimate of drug-likeness (QED) is 0.785. The first-order valence-corrected chi connectivity index (χ1v) is 10.1. The van der Waals surface area contributed by atoms with Crippen molar-refractivity contribution in [3.8, 4) is 5.69 Å². The second-order valence-electron chi connectivity index (χ2n) is 7.69. The molecule has 0 aliphatic carbocycles. The minimum atomic E-state index is -0.309. The SMILES string of the molecule is Cc1c(C(=O)N2CCN(CC(=O)N3CCCC3)CC2)cnn1-c1ccc(F)cc1. The van der Waals surface area contributed by atoms with Gasteiger partial charge in [0.25, 0.3) is 5.91 Å². The predicted octanol–water partition coefficient (Wildman–Crippen LogP) is 1.70. The lowest BCUT2D eigenvalue weighted by atomic mass is 10.2. The number of hydrogen-bond donors (Lipinski definition) is 0. The van der Waals surface area contributed by atoms with Crippen molar-refractivity contribution < 1.29 is 14.0 Å². The van der Waals surface area contributed by atoms with Crippen LogP contribution in [-0.4, -0.2) is 82.1 Å². The zero-order chi connectivity index (χ0) is 20.4. The van der Waals surface area contributed by atoms with Crippen molar-refractivity contribution in [1.82, 2.24) is 24.5 Å². The van der Waals surface area contributed by atoms with E-state index in [2.05, 4.69) is 10.00 Å². The maximum atomic E-state index is 13.2. The van der Waals surface area contributed by atoms with E-state index in [1.54, 1.807) is 23.0 Å². The molecule has 0 N–H and O–H groups in total. The highest BCUT2D eigenvalue weighted by molar-refractivity contribution is 5.95. The van der Waals surface area contributed by atoms with Crippen LogP contribution in [0.4, 0.5) is 4.39 Å². The lowest BCUT2D eigenvalue weighted by Crippen LogP contribution is -2.51. The second-order valence-corrected chi connectivity index (χ2v) is 7.69. The Morgan fingerprint density at radius 1 is 0.966 bits per heavy atom. The summed E-state index contributed by atoms with van der Waals surface area (Å²) in [6.45, 7) is 6.58. The van der Waals surface area contributed by atoms with Gasteiger partial charge in [0, 0.05) is 39.3 Å². The lowest BCUT2D eigenvalue weighted by Gasteiger charge is -2.35. The lowest BCUT2D eigenvalue weighted by molar-refractivity contribution is -0.131. The fourth-order valence-electron chi connectivity index (χ4n) is 4.00. The third-order valence-electron chi connectivity index (χ3n) is 5.79. The zero-order valence-electron chi connectivity index (χ0n) is 16.7. The molecule has 3 heterocycles. The van der Waals surface area contributed by atoms with Gasteiger partial charge in [-0.05, 0) is 44.0 Å². The van der Waals surface area contributed by atoms with E-state index in [0.717, 1.165) is 31.6 Å². The van der Waals surface area contributed by atoms with E-state index in [9.17, 15) is 14.0 Å². The van der Waals surface area contributed by atoms with Crippen LogP contribution in [0.15, 0.2) is 30.5 Å². The molecular formula is C21H26FN5O2. The molecule has 8 heteroatoms. The third kappa shape index (κ3) is 4.17. The van der Waals surface area contributed by atoms with E-state index in [0.29, 0.717) is 44.0 Å². The molecule has 0 radical (unpaired) electrons. The molecule has 0 unspecified atom stereocenters. The maximum Gasteiger partial charge on any atom is 0.257 e. The number of benzene rings is 1. The van der Waals surface area contributed by atoms with Gasteiger partial charge in [0.1, 0.15) is 5.82 Å². The summed E-state index contributed by atoms with van der Waals surface area (Å²) in [5, 5.41) is 4.32. The van der Waals surface area contributed by atoms with Gasteiger partial charge >= 0.3 is 0 Å². The Bertz CT molecular complexity index is 881. The Kier molecular flexibility index (Phi) is 5.62. The van der Waals surface area contributed by atoms with E-state index in [-0.39, 0.29) is 17.6 Å². The molecule has 2 fully saturated rings. The van der Waals surface area contributed by atoms with Gasteiger partial charge in [-0.15, -0.1) is 0 Å². The molecule has 2 amide bonds. The summed E-state index contributed by atoms with van der Waals surface area (Å²) in [5.74, 6) is -0.170. The molecule has 0 saturated carbocycles. The third-order valence-corrected chi connectivity index (χ3v) is 5.79. The highest BCUT2D eigenvalue weighted by Gasteiger charge is 2.27. The predicted molar refractivity (Wildman–Crippen MR) is 106 cm³/mol. The van der Waals surface area contributed by atoms with E-state index in [1.807, 2.05) is 16.7 Å². The van der Waals surface area contributed by atoms with Crippen molar-refractivity contribution in [2.75, 3.05) is 45.8 Å². The molecule has 2 aliphatic heterocycles. The van der Waals surface area contributed by atoms with Gasteiger partial charge in [0.15, 0.2) is 0 Å². The topological polar surface area (TPSA) is 61.7 Å². The molecule has 0 atom stereocenters. The second kappa shape index (κ2) is 8.32. The molecule has 7 nitrogen and oxygen atoms in total. The Labute approximate surface area is 169 Å². The van der Waals surface area contributed by atoms with Crippen LogP contribution in [-0.2, 0) is 4.79 Å². The van der Waals surface area contributed by atoms with Crippen molar-refractivity contribution in [3.63, 3.8) is 0 Å². The molecule has 2 aliphatic rings. The Morgan fingerprint density at radius 2 is 1.62 bits per heavy atom. The number of halogens is 1. The van der Waals surface area contributed by atoms with Crippen molar-refractivity contribution in [2.45, 2.75) is 19.8 Å². The minimum absolute atomic E-state index is 0.0543. The molecule has 0 bridgehead atoms. The van der Waals surface area contributed by atoms with Crippen molar-refractivity contribution in [1.29, 1.82) is 0 Å². The molecule has 29 heavy (non-hydrogen) atoms. The highest BCUT2D eigenvalue weighted by atomic mass is 19.1. The van der Waals surface area contributed by atoms with Crippen LogP contribution in [0.3, 0.4) is 0 Å². The van der Waals surface area contributed by atoms with Gasteiger partial charge in [-0.3, -0.25) is 14.5 Å². The fraction of sp³-hybridized carbons (Fsp3) is 0.476. The summed E-state index contributed by atoms with van der Waals surface area (Å²) in [6, 6.07) is 6.03. The van der Waals surface area contributed by atoms with E-state index in [4.69, 9.17) is 0 Å². The fourth-order valence-corrected chi connectivity index (χ4v) is 4.00. The number of likely N-dealkylation sites (tertiary alicyclic amines) is 1. The molecular weight excluding hydrogens is 373 g/mol. The number of rotatable bonds is 4. The largest absolute Gasteiger partial charge is 0.342 e. The van der Waals surface area contributed by atoms with Gasteiger partial charge in [-0.25, -0.2) is 9.07 Å². The summed E-state index contributed by atoms with van der Waals surface area (Å²) in [6.07, 6.45) is 3.77. The number of carbonyl (C=O) groups excluding carboxylic acids is 2. The molecule has 0 spiro atoms. The van der Waals surface area contributed by atoms with Crippen LogP contribution >= 0.6 is 0 Å². The van der Waals surface area contributed by atoms with Gasteiger partial charge in [0.05, 0.1) is 29.7 Å². The number of amides is 2. The van der Waals surface area contributed by atoms with E-state index in [1.165, 1.54) is 12.1 Å². The smallest absolute Gasteiger partial charge is 0.257 e. The van der Waals surface area contributed by atoms with Crippen molar-refractivity contribution in [2.24, 2.45) is 0 Å². The summed E-state index contributed by atoms with van der Waals surface area (Å²) in [5.41, 5.74) is 2.00. The number of carbonyl (C=O) groups is 2. The normalized spacial score (nSPS) is 17.7. The first kappa shape index (κ1) is 19.6. The van der Waals surface area contributed by atoms with Crippen LogP contribution in [0.2, 0.25) is 0 Å². The first-order chi connectivity index (χ1) is 14.0. The summed E-state index contributed by atoms with van der Waals surface area (Å²) < 4.78 is 14.8. The summed E-state index contributed by atoms with van der Waals surface area (Å²) in [4.78, 5) is 31.2. The van der Waals surface area contributed by atoms with Crippen LogP contribution in [0.1, 0.15) is 28.9 Å². The highest BCUT2D eigenvalue weighted by Crippen LogP contribution is 2.17. The monoisotopic (exact) mass is 399 g/mol. The number of piperazine rings is 1. The Hall–Kier alpha value is -2.74. The van der Waals surface area contributed by atoms with Crippen LogP contribution in [0.25, 0.3) is 5.69 Å². The van der Waals surface area contributed by atoms with Crippen LogP contribution < -0.4 is 0 Å². The number of nitrogens with zero attached hydrogens (tertiary/aromatic N) is 5. The average molecular weight is 399 g/mol. The van der Waals surface area contributed by atoms with E-state index >= 15 is 0 Å². The van der Waals surface area contributed by atoms with Gasteiger partial charge in [-0.1, -0.05) is 0 Å². The molecule has 1 aromatic carbocycles.